The van der Waals surface area contributed by atoms with E-state index in [0.29, 0.717) is 6.29 Å². The Morgan fingerprint density at radius 1 is 1.55 bits per heavy atom. The normalized spacial score (nSPS) is 9.09. The second-order valence-corrected chi connectivity index (χ2v) is 2.69. The van der Waals surface area contributed by atoms with Gasteiger partial charge in [0.1, 0.15) is 6.29 Å². The minimum Gasteiger partial charge on any atom is -0.299 e. The lowest BCUT2D eigenvalue weighted by atomic mass is 10.4. The van der Waals surface area contributed by atoms with Crippen molar-refractivity contribution >= 4 is 17.6 Å². The molecule has 0 saturated carbocycles. The van der Waals surface area contributed by atoms with Crippen molar-refractivity contribution in [2.24, 2.45) is 0 Å². The summed E-state index contributed by atoms with van der Waals surface area (Å²) in [6, 6.07) is 3.88. The van der Waals surface area contributed by atoms with E-state index < -0.39 is 0 Å². The SMILES string of the molecule is O=C/C=C/C#Cc1cccs1. The van der Waals surface area contributed by atoms with Gasteiger partial charge in [-0.15, -0.1) is 11.3 Å². The molecule has 1 aromatic rings. The summed E-state index contributed by atoms with van der Waals surface area (Å²) < 4.78 is 0. The topological polar surface area (TPSA) is 17.1 Å². The minimum atomic E-state index is 0.711. The van der Waals surface area contributed by atoms with E-state index >= 15 is 0 Å². The molecule has 0 aromatic carbocycles. The van der Waals surface area contributed by atoms with Crippen LogP contribution in [-0.2, 0) is 4.79 Å². The second kappa shape index (κ2) is 4.48. The summed E-state index contributed by atoms with van der Waals surface area (Å²) in [5.41, 5.74) is 0. The summed E-state index contributed by atoms with van der Waals surface area (Å²) in [5, 5.41) is 1.97. The van der Waals surface area contributed by atoms with Gasteiger partial charge in [0.15, 0.2) is 0 Å². The van der Waals surface area contributed by atoms with E-state index in [1.165, 1.54) is 12.2 Å². The van der Waals surface area contributed by atoms with Gasteiger partial charge in [-0.2, -0.15) is 0 Å². The predicted octanol–water partition coefficient (Wildman–Crippen LogP) is 1.85. The number of hydrogen-bond acceptors (Lipinski definition) is 2. The first-order valence-electron chi connectivity index (χ1n) is 3.09. The van der Waals surface area contributed by atoms with Crippen LogP contribution < -0.4 is 0 Å². The molecule has 0 aliphatic rings. The van der Waals surface area contributed by atoms with E-state index in [-0.39, 0.29) is 0 Å². The summed E-state index contributed by atoms with van der Waals surface area (Å²) in [6.45, 7) is 0. The number of aldehydes is 1. The van der Waals surface area contributed by atoms with Crippen molar-refractivity contribution < 1.29 is 4.79 Å². The smallest absolute Gasteiger partial charge is 0.143 e. The van der Waals surface area contributed by atoms with Gasteiger partial charge in [0, 0.05) is 0 Å². The number of carbonyl (C=O) groups is 1. The van der Waals surface area contributed by atoms with Crippen LogP contribution in [0.2, 0.25) is 0 Å². The predicted molar refractivity (Wildman–Crippen MR) is 46.4 cm³/mol. The molecule has 54 valence electrons. The molecule has 1 aromatic heterocycles. The number of thiophene rings is 1. The van der Waals surface area contributed by atoms with Crippen LogP contribution in [0.15, 0.2) is 29.7 Å². The molecule has 1 rings (SSSR count). The Bertz CT molecular complexity index is 298. The van der Waals surface area contributed by atoms with Crippen LogP contribution in [0.5, 0.6) is 0 Å². The Hall–Kier alpha value is -1.33. The van der Waals surface area contributed by atoms with E-state index in [1.54, 1.807) is 11.3 Å². The highest BCUT2D eigenvalue weighted by atomic mass is 32.1. The summed E-state index contributed by atoms with van der Waals surface area (Å²) in [5.74, 6) is 5.62. The third-order valence-corrected chi connectivity index (χ3v) is 1.76. The van der Waals surface area contributed by atoms with E-state index in [9.17, 15) is 4.79 Å². The van der Waals surface area contributed by atoms with Crippen LogP contribution in [0.3, 0.4) is 0 Å². The molecule has 0 N–H and O–H groups in total. The minimum absolute atomic E-state index is 0.711. The number of hydrogen-bond donors (Lipinski definition) is 0. The summed E-state index contributed by atoms with van der Waals surface area (Å²) in [4.78, 5) is 10.8. The zero-order chi connectivity index (χ0) is 7.94. The van der Waals surface area contributed by atoms with Crippen molar-refractivity contribution in [2.75, 3.05) is 0 Å². The van der Waals surface area contributed by atoms with Gasteiger partial charge in [0.25, 0.3) is 0 Å². The first-order valence-corrected chi connectivity index (χ1v) is 3.97. The zero-order valence-corrected chi connectivity index (χ0v) is 6.60. The molecule has 0 spiro atoms. The third-order valence-electron chi connectivity index (χ3n) is 0.975. The molecule has 0 aliphatic heterocycles. The van der Waals surface area contributed by atoms with Crippen molar-refractivity contribution in [3.63, 3.8) is 0 Å². The van der Waals surface area contributed by atoms with E-state index in [1.807, 2.05) is 17.5 Å². The van der Waals surface area contributed by atoms with Crippen LogP contribution in [0, 0.1) is 11.8 Å². The molecule has 1 heterocycles. The first-order chi connectivity index (χ1) is 5.43. The van der Waals surface area contributed by atoms with E-state index in [2.05, 4.69) is 11.8 Å². The fourth-order valence-corrected chi connectivity index (χ4v) is 1.13. The van der Waals surface area contributed by atoms with Crippen molar-refractivity contribution in [2.45, 2.75) is 0 Å². The molecule has 0 atom stereocenters. The highest BCUT2D eigenvalue weighted by molar-refractivity contribution is 7.10. The molecule has 2 heteroatoms. The summed E-state index contributed by atoms with van der Waals surface area (Å²) in [6.07, 6.45) is 3.62. The molecule has 0 fully saturated rings. The van der Waals surface area contributed by atoms with E-state index in [4.69, 9.17) is 0 Å². The largest absolute Gasteiger partial charge is 0.299 e. The average Bonchev–Trinajstić information content (AvgIpc) is 2.50. The van der Waals surface area contributed by atoms with Crippen molar-refractivity contribution in [1.29, 1.82) is 0 Å². The molecular weight excluding hydrogens is 156 g/mol. The fraction of sp³-hybridized carbons (Fsp3) is 0. The van der Waals surface area contributed by atoms with Crippen molar-refractivity contribution in [1.82, 2.24) is 0 Å². The van der Waals surface area contributed by atoms with Crippen LogP contribution in [0.25, 0.3) is 0 Å². The molecule has 0 radical (unpaired) electrons. The van der Waals surface area contributed by atoms with Gasteiger partial charge in [0.2, 0.25) is 0 Å². The highest BCUT2D eigenvalue weighted by Gasteiger charge is 1.81. The number of carbonyl (C=O) groups excluding carboxylic acids is 1. The molecule has 0 bridgehead atoms. The van der Waals surface area contributed by atoms with Gasteiger partial charge in [-0.05, 0) is 23.6 Å². The Balaban J connectivity index is 2.58. The molecular formula is C9H6OS. The quantitative estimate of drug-likeness (QED) is 0.350. The molecule has 1 nitrogen and oxygen atoms in total. The lowest BCUT2D eigenvalue weighted by Gasteiger charge is -1.71. The van der Waals surface area contributed by atoms with Gasteiger partial charge < -0.3 is 0 Å². The van der Waals surface area contributed by atoms with Gasteiger partial charge >= 0.3 is 0 Å². The monoisotopic (exact) mass is 162 g/mol. The van der Waals surface area contributed by atoms with Crippen molar-refractivity contribution in [3.8, 4) is 11.8 Å². The van der Waals surface area contributed by atoms with Gasteiger partial charge in [-0.1, -0.05) is 17.9 Å². The number of allylic oxidation sites excluding steroid dienone is 2. The summed E-state index contributed by atoms with van der Waals surface area (Å²) in [7, 11) is 0. The molecule has 11 heavy (non-hydrogen) atoms. The van der Waals surface area contributed by atoms with Crippen LogP contribution in [0.4, 0.5) is 0 Å². The number of rotatable bonds is 1. The van der Waals surface area contributed by atoms with Gasteiger partial charge in [-0.3, -0.25) is 4.79 Å². The molecule has 0 amide bonds. The Kier molecular flexibility index (Phi) is 3.17. The molecule has 0 aliphatic carbocycles. The third kappa shape index (κ3) is 2.83. The lowest BCUT2D eigenvalue weighted by molar-refractivity contribution is -0.104. The Morgan fingerprint density at radius 2 is 2.45 bits per heavy atom. The van der Waals surface area contributed by atoms with Gasteiger partial charge in [0.05, 0.1) is 4.88 Å². The highest BCUT2D eigenvalue weighted by Crippen LogP contribution is 2.05. The van der Waals surface area contributed by atoms with Crippen molar-refractivity contribution in [3.05, 3.63) is 34.5 Å². The standard InChI is InChI=1S/C9H6OS/c10-7-3-1-2-5-9-6-4-8-11-9/h1,3-4,6-8H/b3-1+. The lowest BCUT2D eigenvalue weighted by Crippen LogP contribution is -1.59. The maximum atomic E-state index is 9.81. The van der Waals surface area contributed by atoms with Crippen LogP contribution in [0.1, 0.15) is 4.88 Å². The Morgan fingerprint density at radius 3 is 3.09 bits per heavy atom. The second-order valence-electron chi connectivity index (χ2n) is 1.74. The maximum Gasteiger partial charge on any atom is 0.143 e. The van der Waals surface area contributed by atoms with Crippen LogP contribution in [-0.4, -0.2) is 6.29 Å². The van der Waals surface area contributed by atoms with Gasteiger partial charge in [-0.25, -0.2) is 0 Å². The zero-order valence-electron chi connectivity index (χ0n) is 5.78. The first kappa shape index (κ1) is 7.77. The fourth-order valence-electron chi connectivity index (χ4n) is 0.550. The average molecular weight is 162 g/mol. The maximum absolute atomic E-state index is 9.81. The molecule has 0 unspecified atom stereocenters. The summed E-state index contributed by atoms with van der Waals surface area (Å²) >= 11 is 1.59. The molecule has 0 saturated heterocycles. The van der Waals surface area contributed by atoms with E-state index in [0.717, 1.165) is 4.88 Å². The Labute approximate surface area is 69.4 Å². The van der Waals surface area contributed by atoms with Crippen LogP contribution >= 0.6 is 11.3 Å².